The van der Waals surface area contributed by atoms with Crippen molar-refractivity contribution in [3.05, 3.63) is 24.0 Å². The molecule has 1 nitrogen and oxygen atoms in total. The Morgan fingerprint density at radius 1 is 1.17 bits per heavy atom. The monoisotopic (exact) mass is 170 g/mol. The lowest BCUT2D eigenvalue weighted by Gasteiger charge is -2.09. The first-order chi connectivity index (χ1) is 5.70. The van der Waals surface area contributed by atoms with Gasteiger partial charge >= 0.3 is 0 Å². The van der Waals surface area contributed by atoms with Crippen LogP contribution in [0.3, 0.4) is 0 Å². The first-order valence-electron chi connectivity index (χ1n) is 4.66. The zero-order chi connectivity index (χ0) is 9.98. The maximum absolute atomic E-state index is 5.41. The van der Waals surface area contributed by atoms with Crippen molar-refractivity contribution in [2.75, 3.05) is 0 Å². The molecule has 0 fully saturated rings. The minimum absolute atomic E-state index is 0.266. The molecular formula is C11H22O. The van der Waals surface area contributed by atoms with Crippen LogP contribution in [0.25, 0.3) is 0 Å². The highest BCUT2D eigenvalue weighted by Crippen LogP contribution is 2.02. The van der Waals surface area contributed by atoms with E-state index in [-0.39, 0.29) is 6.10 Å². The molecule has 0 saturated carbocycles. The van der Waals surface area contributed by atoms with E-state index in [2.05, 4.69) is 0 Å². The second kappa shape index (κ2) is 10.3. The molecule has 0 unspecified atom stereocenters. The zero-order valence-corrected chi connectivity index (χ0v) is 9.22. The Morgan fingerprint density at radius 3 is 1.92 bits per heavy atom. The predicted molar refractivity (Wildman–Crippen MR) is 56.1 cm³/mol. The van der Waals surface area contributed by atoms with E-state index in [0.717, 1.165) is 5.76 Å². The summed E-state index contributed by atoms with van der Waals surface area (Å²) in [4.78, 5) is 0. The normalized spacial score (nSPS) is 11.4. The fourth-order valence-electron chi connectivity index (χ4n) is 0.640. The van der Waals surface area contributed by atoms with Gasteiger partial charge in [0.1, 0.15) is 5.76 Å². The van der Waals surface area contributed by atoms with Gasteiger partial charge in [-0.05, 0) is 39.8 Å². The fraction of sp³-hybridized carbons (Fsp3) is 0.636. The summed E-state index contributed by atoms with van der Waals surface area (Å²) >= 11 is 0. The Hall–Kier alpha value is -0.720. The van der Waals surface area contributed by atoms with Crippen LogP contribution >= 0.6 is 0 Å². The highest BCUT2D eigenvalue weighted by atomic mass is 16.5. The minimum Gasteiger partial charge on any atom is -0.491 e. The summed E-state index contributed by atoms with van der Waals surface area (Å²) in [5.74, 6) is 0.942. The van der Waals surface area contributed by atoms with Crippen LogP contribution < -0.4 is 0 Å². The number of ether oxygens (including phenoxy) is 1. The molecule has 0 aromatic heterocycles. The smallest absolute Gasteiger partial charge is 0.115 e. The van der Waals surface area contributed by atoms with Crippen LogP contribution in [0.1, 0.15) is 41.5 Å². The third kappa shape index (κ3) is 9.28. The van der Waals surface area contributed by atoms with Crippen LogP contribution in [0.5, 0.6) is 0 Å². The molecule has 0 rings (SSSR count). The highest BCUT2D eigenvalue weighted by Gasteiger charge is 1.93. The van der Waals surface area contributed by atoms with Crippen LogP contribution in [-0.4, -0.2) is 6.10 Å². The molecular weight excluding hydrogens is 148 g/mol. The van der Waals surface area contributed by atoms with E-state index in [1.54, 1.807) is 0 Å². The topological polar surface area (TPSA) is 9.23 Å². The quantitative estimate of drug-likeness (QED) is 0.461. The van der Waals surface area contributed by atoms with Gasteiger partial charge in [0.25, 0.3) is 0 Å². The van der Waals surface area contributed by atoms with Gasteiger partial charge in [0.15, 0.2) is 0 Å². The van der Waals surface area contributed by atoms with E-state index >= 15 is 0 Å². The van der Waals surface area contributed by atoms with Gasteiger partial charge in [-0.25, -0.2) is 0 Å². The van der Waals surface area contributed by atoms with Crippen molar-refractivity contribution in [1.29, 1.82) is 0 Å². The summed E-state index contributed by atoms with van der Waals surface area (Å²) in [5.41, 5.74) is 0. The van der Waals surface area contributed by atoms with E-state index in [9.17, 15) is 0 Å². The SMILES string of the molecule is C/C=C\C(=C/C)OC(C)C.CC. The molecule has 0 aromatic carbocycles. The van der Waals surface area contributed by atoms with Crippen molar-refractivity contribution >= 4 is 0 Å². The maximum atomic E-state index is 5.41. The van der Waals surface area contributed by atoms with Crippen molar-refractivity contribution in [2.45, 2.75) is 47.6 Å². The van der Waals surface area contributed by atoms with Gasteiger partial charge in [0.2, 0.25) is 0 Å². The van der Waals surface area contributed by atoms with Crippen LogP contribution in [0, 0.1) is 0 Å². The van der Waals surface area contributed by atoms with E-state index < -0.39 is 0 Å². The Bertz CT molecular complexity index is 132. The lowest BCUT2D eigenvalue weighted by molar-refractivity contribution is 0.157. The number of hydrogen-bond donors (Lipinski definition) is 0. The van der Waals surface area contributed by atoms with Gasteiger partial charge in [0, 0.05) is 0 Å². The summed E-state index contributed by atoms with van der Waals surface area (Å²) in [6, 6.07) is 0. The molecule has 0 saturated heterocycles. The number of allylic oxidation sites excluding steroid dienone is 3. The van der Waals surface area contributed by atoms with Crippen molar-refractivity contribution in [1.82, 2.24) is 0 Å². The van der Waals surface area contributed by atoms with Crippen molar-refractivity contribution < 1.29 is 4.74 Å². The zero-order valence-electron chi connectivity index (χ0n) is 9.22. The van der Waals surface area contributed by atoms with Gasteiger partial charge in [0.05, 0.1) is 6.10 Å². The lowest BCUT2D eigenvalue weighted by atomic mass is 10.4. The predicted octanol–water partition coefficient (Wildman–Crippen LogP) is 3.92. The van der Waals surface area contributed by atoms with Gasteiger partial charge in [-0.15, -0.1) is 0 Å². The summed E-state index contributed by atoms with van der Waals surface area (Å²) < 4.78 is 5.41. The third-order valence-electron chi connectivity index (χ3n) is 0.987. The molecule has 0 N–H and O–H groups in total. The Balaban J connectivity index is 0. The molecule has 72 valence electrons. The second-order valence-corrected chi connectivity index (χ2v) is 2.36. The molecule has 1 heteroatoms. The van der Waals surface area contributed by atoms with Crippen molar-refractivity contribution in [3.63, 3.8) is 0 Å². The van der Waals surface area contributed by atoms with Crippen LogP contribution in [0.2, 0.25) is 0 Å². The summed E-state index contributed by atoms with van der Waals surface area (Å²) in [6.07, 6.45) is 6.15. The Kier molecular flexibility index (Phi) is 11.9. The van der Waals surface area contributed by atoms with E-state index in [0.29, 0.717) is 0 Å². The average molecular weight is 170 g/mol. The van der Waals surface area contributed by atoms with E-state index in [4.69, 9.17) is 4.74 Å². The largest absolute Gasteiger partial charge is 0.491 e. The molecule has 0 spiro atoms. The standard InChI is InChI=1S/C9H16O.C2H6/c1-5-7-9(6-2)10-8(3)4;1-2/h5-8H,1-4H3;1-2H3/b7-5-,9-6+;. The van der Waals surface area contributed by atoms with E-state index in [1.807, 2.05) is 59.8 Å². The molecule has 0 bridgehead atoms. The van der Waals surface area contributed by atoms with Gasteiger partial charge < -0.3 is 4.74 Å². The van der Waals surface area contributed by atoms with Crippen molar-refractivity contribution in [2.24, 2.45) is 0 Å². The average Bonchev–Trinajstić information content (AvgIpc) is 2.07. The van der Waals surface area contributed by atoms with E-state index in [1.165, 1.54) is 0 Å². The molecule has 0 heterocycles. The third-order valence-corrected chi connectivity index (χ3v) is 0.987. The number of rotatable bonds is 3. The summed E-state index contributed by atoms with van der Waals surface area (Å²) in [6.45, 7) is 12.0. The van der Waals surface area contributed by atoms with Crippen LogP contribution in [-0.2, 0) is 4.74 Å². The second-order valence-electron chi connectivity index (χ2n) is 2.36. The van der Waals surface area contributed by atoms with Gasteiger partial charge in [-0.1, -0.05) is 19.9 Å². The maximum Gasteiger partial charge on any atom is 0.115 e. The molecule has 0 aliphatic heterocycles. The Morgan fingerprint density at radius 2 is 1.67 bits per heavy atom. The summed E-state index contributed by atoms with van der Waals surface area (Å²) in [7, 11) is 0. The molecule has 0 aliphatic carbocycles. The van der Waals surface area contributed by atoms with Crippen molar-refractivity contribution in [3.8, 4) is 0 Å². The minimum atomic E-state index is 0.266. The molecule has 0 aliphatic rings. The molecule has 0 atom stereocenters. The lowest BCUT2D eigenvalue weighted by Crippen LogP contribution is -2.00. The molecule has 0 radical (unpaired) electrons. The van der Waals surface area contributed by atoms with Gasteiger partial charge in [-0.3, -0.25) is 0 Å². The number of hydrogen-bond acceptors (Lipinski definition) is 1. The highest BCUT2D eigenvalue weighted by molar-refractivity contribution is 5.09. The summed E-state index contributed by atoms with van der Waals surface area (Å²) in [5, 5.41) is 0. The van der Waals surface area contributed by atoms with Gasteiger partial charge in [-0.2, -0.15) is 0 Å². The fourth-order valence-corrected chi connectivity index (χ4v) is 0.640. The first-order valence-corrected chi connectivity index (χ1v) is 4.66. The van der Waals surface area contributed by atoms with Crippen LogP contribution in [0.4, 0.5) is 0 Å². The molecule has 0 amide bonds. The van der Waals surface area contributed by atoms with Crippen LogP contribution in [0.15, 0.2) is 24.0 Å². The Labute approximate surface area is 77.1 Å². The molecule has 0 aromatic rings. The molecule has 12 heavy (non-hydrogen) atoms. The first kappa shape index (κ1) is 13.8.